The minimum absolute atomic E-state index is 0.719. The molecule has 1 unspecified atom stereocenters. The molecular weight excluding hydrogens is 292 g/mol. The zero-order valence-electron chi connectivity index (χ0n) is 14.1. The van der Waals surface area contributed by atoms with Crippen LogP contribution in [0.25, 0.3) is 21.5 Å². The van der Waals surface area contributed by atoms with Crippen molar-refractivity contribution >= 4 is 21.5 Å². The molecule has 24 heavy (non-hydrogen) atoms. The second-order valence-corrected chi connectivity index (χ2v) is 7.27. The molecule has 1 N–H and O–H groups in total. The van der Waals surface area contributed by atoms with Gasteiger partial charge in [-0.1, -0.05) is 48.5 Å². The maximum absolute atomic E-state index is 3.48. The average Bonchev–Trinajstić information content (AvgIpc) is 2.67. The van der Waals surface area contributed by atoms with Crippen LogP contribution >= 0.6 is 0 Å². The lowest BCUT2D eigenvalue weighted by Gasteiger charge is -2.38. The third-order valence-corrected chi connectivity index (χ3v) is 5.99. The highest BCUT2D eigenvalue weighted by Gasteiger charge is 2.26. The van der Waals surface area contributed by atoms with Crippen LogP contribution in [0.4, 0.5) is 0 Å². The predicted molar refractivity (Wildman–Crippen MR) is 102 cm³/mol. The van der Waals surface area contributed by atoms with E-state index in [2.05, 4.69) is 58.7 Å². The van der Waals surface area contributed by atoms with E-state index in [4.69, 9.17) is 0 Å². The van der Waals surface area contributed by atoms with Gasteiger partial charge in [-0.25, -0.2) is 0 Å². The van der Waals surface area contributed by atoms with Crippen molar-refractivity contribution < 1.29 is 0 Å². The molecule has 1 heterocycles. The number of hydrogen-bond acceptors (Lipinski definition) is 2. The third kappa shape index (κ3) is 2.33. The fourth-order valence-electron chi connectivity index (χ4n) is 4.69. The summed E-state index contributed by atoms with van der Waals surface area (Å²) in [4.78, 5) is 2.71. The van der Waals surface area contributed by atoms with Gasteiger partial charge in [0.1, 0.15) is 0 Å². The van der Waals surface area contributed by atoms with E-state index in [0.29, 0.717) is 0 Å². The Labute approximate surface area is 143 Å². The van der Waals surface area contributed by atoms with Gasteiger partial charge >= 0.3 is 0 Å². The molecule has 0 amide bonds. The van der Waals surface area contributed by atoms with Crippen LogP contribution in [0.1, 0.15) is 17.5 Å². The molecule has 1 aliphatic heterocycles. The number of nitrogens with one attached hydrogen (secondary N) is 1. The second-order valence-electron chi connectivity index (χ2n) is 7.27. The first kappa shape index (κ1) is 14.4. The molecule has 1 atom stereocenters. The van der Waals surface area contributed by atoms with Crippen LogP contribution in [0.3, 0.4) is 0 Å². The summed E-state index contributed by atoms with van der Waals surface area (Å²) in [5.74, 6) is 0. The highest BCUT2D eigenvalue weighted by molar-refractivity contribution is 6.08. The van der Waals surface area contributed by atoms with Crippen molar-refractivity contribution in [1.29, 1.82) is 0 Å². The van der Waals surface area contributed by atoms with Gasteiger partial charge in [-0.2, -0.15) is 0 Å². The van der Waals surface area contributed by atoms with E-state index in [-0.39, 0.29) is 0 Å². The molecule has 5 rings (SSSR count). The number of benzene rings is 3. The Balaban J connectivity index is 1.60. The number of nitrogens with zero attached hydrogens (tertiary/aromatic N) is 1. The van der Waals surface area contributed by atoms with Gasteiger partial charge in [0.05, 0.1) is 0 Å². The number of piperazine rings is 1. The Bertz CT molecular complexity index is 893. The van der Waals surface area contributed by atoms with E-state index >= 15 is 0 Å². The summed E-state index contributed by atoms with van der Waals surface area (Å²) in [5.41, 5.74) is 3.18. The maximum atomic E-state index is 3.48. The van der Waals surface area contributed by atoms with Gasteiger partial charge in [-0.05, 0) is 51.9 Å². The molecule has 3 aromatic rings. The summed E-state index contributed by atoms with van der Waals surface area (Å²) >= 11 is 0. The van der Waals surface area contributed by atoms with Gasteiger partial charge in [0, 0.05) is 32.2 Å². The van der Waals surface area contributed by atoms with Crippen LogP contribution in [0.2, 0.25) is 0 Å². The summed E-state index contributed by atoms with van der Waals surface area (Å²) in [5, 5.41) is 9.12. The van der Waals surface area contributed by atoms with Crippen LogP contribution in [0.15, 0.2) is 48.5 Å². The molecule has 122 valence electrons. The Morgan fingerprint density at radius 1 is 0.833 bits per heavy atom. The van der Waals surface area contributed by atoms with Crippen LogP contribution in [0, 0.1) is 0 Å². The van der Waals surface area contributed by atoms with E-state index in [1.54, 1.807) is 11.1 Å². The number of fused-ring (bicyclic) bond motifs is 5. The van der Waals surface area contributed by atoms with Crippen molar-refractivity contribution in [2.24, 2.45) is 0 Å². The van der Waals surface area contributed by atoms with Gasteiger partial charge in [-0.15, -0.1) is 0 Å². The van der Waals surface area contributed by atoms with Crippen molar-refractivity contribution in [3.8, 4) is 0 Å². The SMILES string of the molecule is c1ccc2c(c1)ccc1c3c(ccc12)CCC(N1CCNCC1)C3. The van der Waals surface area contributed by atoms with E-state index < -0.39 is 0 Å². The summed E-state index contributed by atoms with van der Waals surface area (Å²) in [7, 11) is 0. The van der Waals surface area contributed by atoms with Crippen molar-refractivity contribution in [3.05, 3.63) is 59.7 Å². The zero-order valence-corrected chi connectivity index (χ0v) is 14.1. The lowest BCUT2D eigenvalue weighted by atomic mass is 9.83. The summed E-state index contributed by atoms with van der Waals surface area (Å²) < 4.78 is 0. The first-order valence-electron chi connectivity index (χ1n) is 9.27. The predicted octanol–water partition coefficient (Wildman–Crippen LogP) is 3.76. The van der Waals surface area contributed by atoms with Gasteiger partial charge in [0.25, 0.3) is 0 Å². The highest BCUT2D eigenvalue weighted by Crippen LogP contribution is 2.34. The molecule has 1 saturated heterocycles. The Kier molecular flexibility index (Phi) is 3.53. The number of rotatable bonds is 1. The highest BCUT2D eigenvalue weighted by atomic mass is 15.2. The standard InChI is InChI=1S/C22H24N2/c1-2-4-19-16(3-1)6-10-21-20(19)9-7-17-5-8-18(15-22(17)21)24-13-11-23-12-14-24/h1-4,6-7,9-10,18,23H,5,8,11-15H2. The summed E-state index contributed by atoms with van der Waals surface area (Å²) in [6, 6.07) is 18.9. The van der Waals surface area contributed by atoms with E-state index in [1.165, 1.54) is 53.9 Å². The zero-order chi connectivity index (χ0) is 15.9. The Morgan fingerprint density at radius 2 is 1.67 bits per heavy atom. The second kappa shape index (κ2) is 5.87. The Hall–Kier alpha value is -1.90. The maximum Gasteiger partial charge on any atom is 0.0140 e. The molecule has 0 radical (unpaired) electrons. The van der Waals surface area contributed by atoms with E-state index in [9.17, 15) is 0 Å². The van der Waals surface area contributed by atoms with Crippen LogP contribution < -0.4 is 5.32 Å². The lowest BCUT2D eigenvalue weighted by Crippen LogP contribution is -2.50. The molecule has 1 fully saturated rings. The normalized spacial score (nSPS) is 21.9. The molecule has 2 heteroatoms. The molecule has 3 aromatic carbocycles. The molecule has 0 spiro atoms. The molecule has 0 bridgehead atoms. The van der Waals surface area contributed by atoms with Crippen LogP contribution in [0.5, 0.6) is 0 Å². The van der Waals surface area contributed by atoms with Crippen molar-refractivity contribution in [3.63, 3.8) is 0 Å². The van der Waals surface area contributed by atoms with Crippen molar-refractivity contribution in [2.45, 2.75) is 25.3 Å². The van der Waals surface area contributed by atoms with Gasteiger partial charge in [0.2, 0.25) is 0 Å². The molecule has 2 nitrogen and oxygen atoms in total. The smallest absolute Gasteiger partial charge is 0.0140 e. The molecule has 0 saturated carbocycles. The topological polar surface area (TPSA) is 15.3 Å². The fraction of sp³-hybridized carbons (Fsp3) is 0.364. The summed E-state index contributed by atoms with van der Waals surface area (Å²) in [6.45, 7) is 4.69. The average molecular weight is 316 g/mol. The van der Waals surface area contributed by atoms with Crippen LogP contribution in [-0.2, 0) is 12.8 Å². The first-order valence-corrected chi connectivity index (χ1v) is 9.27. The van der Waals surface area contributed by atoms with Gasteiger partial charge < -0.3 is 5.32 Å². The fourth-order valence-corrected chi connectivity index (χ4v) is 4.69. The lowest BCUT2D eigenvalue weighted by molar-refractivity contribution is 0.159. The Morgan fingerprint density at radius 3 is 2.58 bits per heavy atom. The minimum atomic E-state index is 0.719. The van der Waals surface area contributed by atoms with Gasteiger partial charge in [-0.3, -0.25) is 4.90 Å². The quantitative estimate of drug-likeness (QED) is 0.688. The summed E-state index contributed by atoms with van der Waals surface area (Å²) in [6.07, 6.45) is 3.75. The van der Waals surface area contributed by atoms with E-state index in [0.717, 1.165) is 19.1 Å². The monoisotopic (exact) mass is 316 g/mol. The van der Waals surface area contributed by atoms with Crippen molar-refractivity contribution in [2.75, 3.05) is 26.2 Å². The van der Waals surface area contributed by atoms with Gasteiger partial charge in [0.15, 0.2) is 0 Å². The molecular formula is C22H24N2. The minimum Gasteiger partial charge on any atom is -0.314 e. The number of aryl methyl sites for hydroxylation is 1. The first-order chi connectivity index (χ1) is 11.9. The van der Waals surface area contributed by atoms with Crippen LogP contribution in [-0.4, -0.2) is 37.1 Å². The molecule has 0 aromatic heterocycles. The third-order valence-electron chi connectivity index (χ3n) is 5.99. The molecule has 1 aliphatic carbocycles. The van der Waals surface area contributed by atoms with Crippen molar-refractivity contribution in [1.82, 2.24) is 10.2 Å². The number of hydrogen-bond donors (Lipinski definition) is 1. The largest absolute Gasteiger partial charge is 0.314 e. The molecule has 2 aliphatic rings. The van der Waals surface area contributed by atoms with E-state index in [1.807, 2.05) is 0 Å².